The van der Waals surface area contributed by atoms with Crippen LogP contribution in [-0.2, 0) is 4.79 Å². The Morgan fingerprint density at radius 3 is 2.82 bits per heavy atom. The SMILES string of the molecule is C[C@H](Nc1nnc(-c2ccc(Cl)c3[nH]ncc23)o1)C(=O)N1CCC2(CC1)CC2. The van der Waals surface area contributed by atoms with Gasteiger partial charge in [0.25, 0.3) is 0 Å². The third-order valence-electron chi connectivity index (χ3n) is 6.02. The van der Waals surface area contributed by atoms with Gasteiger partial charge in [-0.1, -0.05) is 16.7 Å². The number of fused-ring (bicyclic) bond motifs is 1. The van der Waals surface area contributed by atoms with Crippen LogP contribution >= 0.6 is 11.6 Å². The number of piperidine rings is 1. The van der Waals surface area contributed by atoms with E-state index in [4.69, 9.17) is 16.0 Å². The van der Waals surface area contributed by atoms with E-state index in [1.807, 2.05) is 17.9 Å². The van der Waals surface area contributed by atoms with Crippen molar-refractivity contribution in [2.75, 3.05) is 18.4 Å². The minimum Gasteiger partial charge on any atom is -0.403 e. The summed E-state index contributed by atoms with van der Waals surface area (Å²) in [5.74, 6) is 0.415. The topological polar surface area (TPSA) is 99.9 Å². The van der Waals surface area contributed by atoms with Crippen molar-refractivity contribution < 1.29 is 9.21 Å². The van der Waals surface area contributed by atoms with Crippen LogP contribution in [0.15, 0.2) is 22.7 Å². The number of benzene rings is 1. The third kappa shape index (κ3) is 3.01. The number of aromatic nitrogens is 4. The molecule has 28 heavy (non-hydrogen) atoms. The molecule has 3 aromatic rings. The van der Waals surface area contributed by atoms with Crippen LogP contribution in [0.4, 0.5) is 6.01 Å². The number of carbonyl (C=O) groups is 1. The van der Waals surface area contributed by atoms with Gasteiger partial charge in [0.15, 0.2) is 0 Å². The van der Waals surface area contributed by atoms with Gasteiger partial charge in [-0.2, -0.15) is 5.10 Å². The molecule has 2 fully saturated rings. The fourth-order valence-electron chi connectivity index (χ4n) is 3.98. The van der Waals surface area contributed by atoms with Crippen molar-refractivity contribution in [1.29, 1.82) is 0 Å². The average Bonchev–Trinajstić information content (AvgIpc) is 3.11. The molecule has 1 spiro atoms. The molecule has 1 atom stereocenters. The highest BCUT2D eigenvalue weighted by Gasteiger charge is 2.45. The van der Waals surface area contributed by atoms with E-state index < -0.39 is 6.04 Å². The van der Waals surface area contributed by atoms with Gasteiger partial charge in [0, 0.05) is 24.0 Å². The first kappa shape index (κ1) is 17.5. The molecule has 0 bridgehead atoms. The molecular formula is C19H21ClN6O2. The fraction of sp³-hybridized carbons (Fsp3) is 0.474. The molecule has 2 N–H and O–H groups in total. The number of nitrogens with one attached hydrogen (secondary N) is 2. The molecule has 2 aliphatic rings. The molecule has 2 aromatic heterocycles. The number of anilines is 1. The summed E-state index contributed by atoms with van der Waals surface area (Å²) < 4.78 is 5.75. The number of halogens is 1. The molecule has 0 radical (unpaired) electrons. The van der Waals surface area contributed by atoms with Crippen LogP contribution in [0.25, 0.3) is 22.4 Å². The predicted octanol–water partition coefficient (Wildman–Crippen LogP) is 3.47. The monoisotopic (exact) mass is 400 g/mol. The lowest BCUT2D eigenvalue weighted by molar-refractivity contribution is -0.133. The molecule has 146 valence electrons. The number of H-pyrrole nitrogens is 1. The lowest BCUT2D eigenvalue weighted by atomic mass is 9.93. The summed E-state index contributed by atoms with van der Waals surface area (Å²) in [5, 5.41) is 19.5. The molecule has 1 aliphatic heterocycles. The fourth-order valence-corrected chi connectivity index (χ4v) is 4.19. The Labute approximate surface area is 166 Å². The second-order valence-electron chi connectivity index (χ2n) is 7.86. The van der Waals surface area contributed by atoms with Crippen LogP contribution in [0.1, 0.15) is 32.6 Å². The van der Waals surface area contributed by atoms with E-state index in [1.54, 1.807) is 12.3 Å². The maximum Gasteiger partial charge on any atom is 0.316 e. The molecule has 3 heterocycles. The van der Waals surface area contributed by atoms with E-state index in [9.17, 15) is 4.79 Å². The van der Waals surface area contributed by atoms with Crippen LogP contribution in [0.5, 0.6) is 0 Å². The van der Waals surface area contributed by atoms with E-state index >= 15 is 0 Å². The zero-order valence-corrected chi connectivity index (χ0v) is 16.3. The minimum atomic E-state index is -0.430. The highest BCUT2D eigenvalue weighted by atomic mass is 35.5. The summed E-state index contributed by atoms with van der Waals surface area (Å²) in [4.78, 5) is 14.7. The number of likely N-dealkylation sites (tertiary alicyclic amines) is 1. The maximum absolute atomic E-state index is 12.7. The van der Waals surface area contributed by atoms with Gasteiger partial charge in [-0.25, -0.2) is 0 Å². The van der Waals surface area contributed by atoms with E-state index in [2.05, 4.69) is 25.7 Å². The first-order chi connectivity index (χ1) is 13.5. The summed E-state index contributed by atoms with van der Waals surface area (Å²) in [5.41, 5.74) is 2.00. The first-order valence-corrected chi connectivity index (χ1v) is 9.93. The Morgan fingerprint density at radius 1 is 1.29 bits per heavy atom. The Hall–Kier alpha value is -2.61. The summed E-state index contributed by atoms with van der Waals surface area (Å²) in [6.07, 6.45) is 6.55. The molecule has 1 saturated heterocycles. The molecule has 1 amide bonds. The van der Waals surface area contributed by atoms with Crippen molar-refractivity contribution in [1.82, 2.24) is 25.3 Å². The Bertz CT molecular complexity index is 1030. The van der Waals surface area contributed by atoms with Crippen LogP contribution in [0.2, 0.25) is 5.02 Å². The molecule has 0 unspecified atom stereocenters. The number of carbonyl (C=O) groups excluding carboxylic acids is 1. The van der Waals surface area contributed by atoms with Gasteiger partial charge in [-0.05, 0) is 50.2 Å². The van der Waals surface area contributed by atoms with Gasteiger partial charge >= 0.3 is 6.01 Å². The lowest BCUT2D eigenvalue weighted by Gasteiger charge is -2.33. The van der Waals surface area contributed by atoms with Gasteiger partial charge in [0.2, 0.25) is 11.8 Å². The maximum atomic E-state index is 12.7. The highest BCUT2D eigenvalue weighted by molar-refractivity contribution is 6.35. The number of nitrogens with zero attached hydrogens (tertiary/aromatic N) is 4. The molecular weight excluding hydrogens is 380 g/mol. The number of amides is 1. The normalized spacial score (nSPS) is 19.1. The standard InChI is InChI=1S/C19H21ClN6O2/c1-11(17(27)26-8-6-19(4-5-19)7-9-26)22-18-25-24-16(28-18)12-2-3-14(20)15-13(12)10-21-23-15/h2-3,10-11H,4-9H2,1H3,(H,21,23)(H,22,25)/t11-/m0/s1. The summed E-state index contributed by atoms with van der Waals surface area (Å²) in [6, 6.07) is 3.36. The number of hydrogen-bond acceptors (Lipinski definition) is 6. The second-order valence-corrected chi connectivity index (χ2v) is 8.26. The van der Waals surface area contributed by atoms with Gasteiger partial charge in [0.05, 0.1) is 16.7 Å². The highest BCUT2D eigenvalue weighted by Crippen LogP contribution is 2.53. The predicted molar refractivity (Wildman–Crippen MR) is 105 cm³/mol. The molecule has 9 heteroatoms. The number of rotatable bonds is 4. The smallest absolute Gasteiger partial charge is 0.316 e. The second kappa shape index (κ2) is 6.48. The van der Waals surface area contributed by atoms with Gasteiger partial charge in [-0.15, -0.1) is 5.10 Å². The van der Waals surface area contributed by atoms with E-state index in [0.29, 0.717) is 21.8 Å². The van der Waals surface area contributed by atoms with Crippen molar-refractivity contribution in [2.45, 2.75) is 38.6 Å². The average molecular weight is 401 g/mol. The van der Waals surface area contributed by atoms with Crippen molar-refractivity contribution in [3.05, 3.63) is 23.4 Å². The zero-order chi connectivity index (χ0) is 19.3. The number of aromatic amines is 1. The quantitative estimate of drug-likeness (QED) is 0.695. The van der Waals surface area contributed by atoms with Crippen LogP contribution in [0.3, 0.4) is 0 Å². The molecule has 8 nitrogen and oxygen atoms in total. The number of hydrogen-bond donors (Lipinski definition) is 2. The zero-order valence-electron chi connectivity index (χ0n) is 15.5. The Kier molecular flexibility index (Phi) is 4.04. The molecule has 5 rings (SSSR count). The lowest BCUT2D eigenvalue weighted by Crippen LogP contribution is -2.45. The molecule has 1 aliphatic carbocycles. The van der Waals surface area contributed by atoms with Crippen molar-refractivity contribution >= 4 is 34.4 Å². The van der Waals surface area contributed by atoms with E-state index in [1.165, 1.54) is 12.8 Å². The summed E-state index contributed by atoms with van der Waals surface area (Å²) in [7, 11) is 0. The van der Waals surface area contributed by atoms with Gasteiger partial charge in [0.1, 0.15) is 6.04 Å². The molecule has 1 aromatic carbocycles. The van der Waals surface area contributed by atoms with Gasteiger partial charge in [-0.3, -0.25) is 9.89 Å². The van der Waals surface area contributed by atoms with Crippen molar-refractivity contribution in [3.63, 3.8) is 0 Å². The van der Waals surface area contributed by atoms with Crippen molar-refractivity contribution in [3.8, 4) is 11.5 Å². The van der Waals surface area contributed by atoms with Crippen molar-refractivity contribution in [2.24, 2.45) is 5.41 Å². The largest absolute Gasteiger partial charge is 0.403 e. The Morgan fingerprint density at radius 2 is 2.07 bits per heavy atom. The van der Waals surface area contributed by atoms with E-state index in [-0.39, 0.29) is 11.9 Å². The first-order valence-electron chi connectivity index (χ1n) is 9.55. The van der Waals surface area contributed by atoms with Gasteiger partial charge < -0.3 is 14.6 Å². The van der Waals surface area contributed by atoms with E-state index in [0.717, 1.165) is 36.9 Å². The summed E-state index contributed by atoms with van der Waals surface area (Å²) >= 11 is 6.17. The summed E-state index contributed by atoms with van der Waals surface area (Å²) in [6.45, 7) is 3.50. The van der Waals surface area contributed by atoms with Crippen LogP contribution < -0.4 is 5.32 Å². The van der Waals surface area contributed by atoms with Crippen LogP contribution in [0, 0.1) is 5.41 Å². The Balaban J connectivity index is 1.29. The van der Waals surface area contributed by atoms with Crippen LogP contribution in [-0.4, -0.2) is 50.3 Å². The third-order valence-corrected chi connectivity index (χ3v) is 6.34. The molecule has 1 saturated carbocycles. The minimum absolute atomic E-state index is 0.0685.